The van der Waals surface area contributed by atoms with Gasteiger partial charge in [-0.2, -0.15) is 0 Å². The summed E-state index contributed by atoms with van der Waals surface area (Å²) in [4.78, 5) is 39.5. The summed E-state index contributed by atoms with van der Waals surface area (Å²) in [5.74, 6) is 1.84. The molecule has 0 aromatic carbocycles. The Labute approximate surface area is 269 Å². The number of carbonyl (C=O) groups is 3. The minimum atomic E-state index is -1.38. The van der Waals surface area contributed by atoms with Gasteiger partial charge in [-0.25, -0.2) is 4.79 Å². The van der Waals surface area contributed by atoms with Crippen molar-refractivity contribution in [2.75, 3.05) is 6.61 Å². The minimum absolute atomic E-state index is 0.0648. The van der Waals surface area contributed by atoms with E-state index < -0.39 is 35.8 Å². The van der Waals surface area contributed by atoms with Crippen LogP contribution in [0.3, 0.4) is 0 Å². The molecular weight excluding hydrogens is 568 g/mol. The van der Waals surface area contributed by atoms with E-state index in [1.807, 2.05) is 0 Å². The molecule has 0 amide bonds. The molecule has 2 N–H and O–H groups in total. The van der Waals surface area contributed by atoms with Gasteiger partial charge >= 0.3 is 5.97 Å². The number of hydrogen-bond acceptors (Lipinski definition) is 7. The van der Waals surface area contributed by atoms with E-state index in [4.69, 9.17) is 9.47 Å². The maximum Gasteiger partial charge on any atom is 0.337 e. The molecule has 1 heterocycles. The quantitative estimate of drug-likeness (QED) is 0.194. The van der Waals surface area contributed by atoms with Crippen LogP contribution in [0.2, 0.25) is 0 Å². The number of Topliss-reactive ketones (excluding diaryl/α,β-unsaturated/α-hetero) is 2. The van der Waals surface area contributed by atoms with Crippen LogP contribution in [0.1, 0.15) is 118 Å². The largest absolute Gasteiger partial charge is 0.463 e. The Bertz CT molecular complexity index is 1270. The van der Waals surface area contributed by atoms with E-state index >= 15 is 0 Å². The molecule has 6 aliphatic carbocycles. The fourth-order valence-corrected chi connectivity index (χ4v) is 11.8. The molecule has 12 unspecified atom stereocenters. The lowest BCUT2D eigenvalue weighted by Gasteiger charge is -2.66. The van der Waals surface area contributed by atoms with Crippen LogP contribution in [0.4, 0.5) is 0 Å². The number of allylic oxidation sites excluding steroid dienone is 2. The minimum Gasteiger partial charge on any atom is -0.463 e. The summed E-state index contributed by atoms with van der Waals surface area (Å²) in [5.41, 5.74) is 1.34. The topological polar surface area (TPSA) is 113 Å². The second-order valence-corrected chi connectivity index (χ2v) is 17.8. The SMILES string of the molecule is CC1C(=O)CCC2(C)C1CCC1(C)C3CCC4(C(=O)C(O)CC5OC5C(O)C(=O)OCC5CC5)CCC(C)(C)CC4C3=CCC12. The number of carbonyl (C=O) groups excluding carboxylic acids is 3. The number of aliphatic hydroxyl groups excluding tert-OH is 2. The molecule has 5 saturated carbocycles. The Balaban J connectivity index is 1.10. The number of rotatable bonds is 8. The summed E-state index contributed by atoms with van der Waals surface area (Å²) in [6, 6.07) is 0. The fraction of sp³-hybridized carbons (Fsp3) is 0.868. The van der Waals surface area contributed by atoms with Crippen molar-refractivity contribution in [3.05, 3.63) is 11.6 Å². The van der Waals surface area contributed by atoms with Gasteiger partial charge < -0.3 is 19.7 Å². The zero-order chi connectivity index (χ0) is 32.1. The highest BCUT2D eigenvalue weighted by Gasteiger charge is 2.65. The lowest BCUT2D eigenvalue weighted by molar-refractivity contribution is -0.160. The van der Waals surface area contributed by atoms with Gasteiger partial charge in [-0.1, -0.05) is 46.3 Å². The van der Waals surface area contributed by atoms with Crippen LogP contribution < -0.4 is 0 Å². The zero-order valence-corrected chi connectivity index (χ0v) is 28.2. The maximum absolute atomic E-state index is 14.4. The lowest BCUT2D eigenvalue weighted by atomic mass is 9.38. The fourth-order valence-electron chi connectivity index (χ4n) is 11.8. The van der Waals surface area contributed by atoms with Crippen LogP contribution in [-0.4, -0.2) is 58.8 Å². The molecular formula is C38H56O7. The van der Waals surface area contributed by atoms with Crippen molar-refractivity contribution >= 4 is 17.5 Å². The third-order valence-corrected chi connectivity index (χ3v) is 14.8. The second-order valence-electron chi connectivity index (χ2n) is 17.8. The third kappa shape index (κ3) is 5.21. The number of hydrogen-bond donors (Lipinski definition) is 2. The molecule has 0 bridgehead atoms. The Morgan fingerprint density at radius 1 is 0.978 bits per heavy atom. The Hall–Kier alpha value is -1.57. The highest BCUT2D eigenvalue weighted by atomic mass is 16.6. The molecule has 0 aromatic heterocycles. The predicted octanol–water partition coefficient (Wildman–Crippen LogP) is 5.98. The first-order valence-corrected chi connectivity index (χ1v) is 18.2. The molecule has 12 atom stereocenters. The van der Waals surface area contributed by atoms with Crippen LogP contribution >= 0.6 is 0 Å². The molecule has 250 valence electrons. The Morgan fingerprint density at radius 2 is 1.73 bits per heavy atom. The summed E-state index contributed by atoms with van der Waals surface area (Å²) >= 11 is 0. The van der Waals surface area contributed by atoms with Gasteiger partial charge in [-0.3, -0.25) is 9.59 Å². The van der Waals surface area contributed by atoms with E-state index in [-0.39, 0.29) is 40.3 Å². The van der Waals surface area contributed by atoms with Crippen molar-refractivity contribution in [2.45, 2.75) is 143 Å². The van der Waals surface area contributed by atoms with E-state index in [0.717, 1.165) is 70.6 Å². The molecule has 6 fully saturated rings. The third-order valence-electron chi connectivity index (χ3n) is 14.8. The molecule has 45 heavy (non-hydrogen) atoms. The summed E-state index contributed by atoms with van der Waals surface area (Å²) in [6.45, 7) is 12.2. The van der Waals surface area contributed by atoms with E-state index in [1.165, 1.54) is 5.57 Å². The first-order valence-electron chi connectivity index (χ1n) is 18.2. The van der Waals surface area contributed by atoms with Crippen molar-refractivity contribution in [1.82, 2.24) is 0 Å². The van der Waals surface area contributed by atoms with E-state index in [0.29, 0.717) is 42.5 Å². The van der Waals surface area contributed by atoms with Crippen molar-refractivity contribution in [1.29, 1.82) is 0 Å². The summed E-state index contributed by atoms with van der Waals surface area (Å²) in [7, 11) is 0. The van der Waals surface area contributed by atoms with Gasteiger partial charge in [0.2, 0.25) is 0 Å². The maximum atomic E-state index is 14.4. The molecule has 7 rings (SSSR count). The van der Waals surface area contributed by atoms with Crippen molar-refractivity contribution in [3.8, 4) is 0 Å². The molecule has 1 aliphatic heterocycles. The van der Waals surface area contributed by atoms with Crippen LogP contribution in [0.15, 0.2) is 11.6 Å². The summed E-state index contributed by atoms with van der Waals surface area (Å²) < 4.78 is 10.9. The molecule has 0 aromatic rings. The molecule has 0 spiro atoms. The highest BCUT2D eigenvalue weighted by Crippen LogP contribution is 2.70. The van der Waals surface area contributed by atoms with Crippen LogP contribution in [0.25, 0.3) is 0 Å². The number of fused-ring (bicyclic) bond motifs is 7. The standard InChI is InChI=1S/C38H56O7/c1-21-24-10-13-37(5)25-11-15-38(33(42)28(40)18-29-32(45-29)31(41)34(43)44-20-22-6-7-22)17-16-35(2,3)19-26(38)23(25)8-9-30(37)36(24,4)14-12-27(21)39/h8,21-22,24-26,28-32,40-41H,6-7,9-20H2,1-5H3. The second kappa shape index (κ2) is 11.0. The van der Waals surface area contributed by atoms with Crippen LogP contribution in [0.5, 0.6) is 0 Å². The van der Waals surface area contributed by atoms with Crippen molar-refractivity contribution < 1.29 is 34.1 Å². The van der Waals surface area contributed by atoms with Crippen LogP contribution in [-0.2, 0) is 23.9 Å². The van der Waals surface area contributed by atoms with Gasteiger partial charge in [0.25, 0.3) is 0 Å². The van der Waals surface area contributed by atoms with E-state index in [2.05, 4.69) is 40.7 Å². The van der Waals surface area contributed by atoms with Gasteiger partial charge in [0.1, 0.15) is 18.0 Å². The van der Waals surface area contributed by atoms with E-state index in [1.54, 1.807) is 0 Å². The normalized spacial score (nSPS) is 46.3. The molecule has 0 radical (unpaired) electrons. The molecule has 1 saturated heterocycles. The van der Waals surface area contributed by atoms with Gasteiger partial charge in [-0.05, 0) is 116 Å². The Morgan fingerprint density at radius 3 is 2.47 bits per heavy atom. The molecule has 7 nitrogen and oxygen atoms in total. The number of epoxide rings is 1. The number of ether oxygens (including phenoxy) is 2. The number of esters is 1. The highest BCUT2D eigenvalue weighted by molar-refractivity contribution is 5.90. The first kappa shape index (κ1) is 32.0. The van der Waals surface area contributed by atoms with Crippen molar-refractivity contribution in [3.63, 3.8) is 0 Å². The smallest absolute Gasteiger partial charge is 0.337 e. The number of ketones is 2. The summed E-state index contributed by atoms with van der Waals surface area (Å²) in [6.07, 6.45) is 10.4. The predicted molar refractivity (Wildman–Crippen MR) is 169 cm³/mol. The van der Waals surface area contributed by atoms with Crippen molar-refractivity contribution in [2.24, 2.45) is 57.2 Å². The van der Waals surface area contributed by atoms with E-state index in [9.17, 15) is 24.6 Å². The average Bonchev–Trinajstić information content (AvgIpc) is 3.93. The molecule has 7 heteroatoms. The first-order chi connectivity index (χ1) is 21.2. The van der Waals surface area contributed by atoms with Gasteiger partial charge in [0.05, 0.1) is 12.7 Å². The monoisotopic (exact) mass is 624 g/mol. The summed E-state index contributed by atoms with van der Waals surface area (Å²) in [5, 5.41) is 21.9. The average molecular weight is 625 g/mol. The zero-order valence-electron chi connectivity index (χ0n) is 28.2. The lowest BCUT2D eigenvalue weighted by Crippen LogP contribution is -2.60. The van der Waals surface area contributed by atoms with Gasteiger partial charge in [-0.15, -0.1) is 0 Å². The van der Waals surface area contributed by atoms with Gasteiger partial charge in [0, 0.05) is 24.2 Å². The number of aliphatic hydroxyl groups is 2. The Kier molecular flexibility index (Phi) is 7.81. The molecule has 7 aliphatic rings. The van der Waals surface area contributed by atoms with Crippen LogP contribution in [0, 0.1) is 57.2 Å². The van der Waals surface area contributed by atoms with Gasteiger partial charge in [0.15, 0.2) is 11.9 Å².